The average molecular weight is 231 g/mol. The maximum Gasteiger partial charge on any atom is 0.0992 e. The highest BCUT2D eigenvalue weighted by atomic mass is 16.3. The molecule has 1 saturated heterocycles. The number of anilines is 1. The highest BCUT2D eigenvalue weighted by Gasteiger charge is 2.18. The molecule has 4 nitrogen and oxygen atoms in total. The molecule has 0 amide bonds. The zero-order chi connectivity index (χ0) is 12.1. The molecule has 1 fully saturated rings. The molecule has 90 valence electrons. The summed E-state index contributed by atoms with van der Waals surface area (Å²) in [6.07, 6.45) is 0.772. The number of hydrogen-bond donors (Lipinski definition) is 2. The number of rotatable bonds is 3. The van der Waals surface area contributed by atoms with Crippen LogP contribution in [0.25, 0.3) is 0 Å². The second-order valence-electron chi connectivity index (χ2n) is 4.27. The van der Waals surface area contributed by atoms with Gasteiger partial charge in [0.05, 0.1) is 11.6 Å². The van der Waals surface area contributed by atoms with Crippen LogP contribution in [0.5, 0.6) is 0 Å². The van der Waals surface area contributed by atoms with Crippen LogP contribution >= 0.6 is 0 Å². The lowest BCUT2D eigenvalue weighted by atomic mass is 10.1. The molecular weight excluding hydrogens is 214 g/mol. The van der Waals surface area contributed by atoms with Crippen molar-refractivity contribution in [2.24, 2.45) is 0 Å². The van der Waals surface area contributed by atoms with Gasteiger partial charge < -0.3 is 15.3 Å². The van der Waals surface area contributed by atoms with Crippen molar-refractivity contribution in [3.63, 3.8) is 0 Å². The summed E-state index contributed by atoms with van der Waals surface area (Å²) in [5, 5.41) is 21.2. The lowest BCUT2D eigenvalue weighted by Gasteiger charge is -2.35. The molecule has 0 aliphatic carbocycles. The van der Waals surface area contributed by atoms with E-state index in [1.807, 2.05) is 24.3 Å². The van der Waals surface area contributed by atoms with E-state index in [9.17, 15) is 0 Å². The van der Waals surface area contributed by atoms with E-state index < -0.39 is 0 Å². The summed E-state index contributed by atoms with van der Waals surface area (Å²) in [6, 6.07) is 10.2. The van der Waals surface area contributed by atoms with E-state index in [1.165, 1.54) is 0 Å². The summed E-state index contributed by atoms with van der Waals surface area (Å²) >= 11 is 0. The van der Waals surface area contributed by atoms with Crippen LogP contribution in [0.3, 0.4) is 0 Å². The molecule has 1 unspecified atom stereocenters. The van der Waals surface area contributed by atoms with Crippen LogP contribution in [0.4, 0.5) is 5.69 Å². The Balaban J connectivity index is 2.08. The van der Waals surface area contributed by atoms with Gasteiger partial charge in [-0.2, -0.15) is 5.26 Å². The van der Waals surface area contributed by atoms with Gasteiger partial charge in [-0.1, -0.05) is 6.07 Å². The first-order valence-electron chi connectivity index (χ1n) is 5.93. The van der Waals surface area contributed by atoms with Crippen molar-refractivity contribution in [3.8, 4) is 6.07 Å². The third kappa shape index (κ3) is 2.96. The summed E-state index contributed by atoms with van der Waals surface area (Å²) in [5.41, 5.74) is 1.79. The Morgan fingerprint density at radius 3 is 3.18 bits per heavy atom. The largest absolute Gasteiger partial charge is 0.396 e. The molecule has 4 heteroatoms. The molecule has 0 spiro atoms. The molecule has 0 bridgehead atoms. The minimum absolute atomic E-state index is 0.212. The van der Waals surface area contributed by atoms with Gasteiger partial charge in [0.1, 0.15) is 0 Å². The highest BCUT2D eigenvalue weighted by Crippen LogP contribution is 2.18. The van der Waals surface area contributed by atoms with E-state index >= 15 is 0 Å². The quantitative estimate of drug-likeness (QED) is 0.804. The second-order valence-corrected chi connectivity index (χ2v) is 4.27. The maximum atomic E-state index is 8.96. The lowest BCUT2D eigenvalue weighted by molar-refractivity contribution is 0.260. The van der Waals surface area contributed by atoms with Crippen LogP contribution in [0.2, 0.25) is 0 Å². The first-order chi connectivity index (χ1) is 8.33. The number of aliphatic hydroxyl groups is 1. The fourth-order valence-electron chi connectivity index (χ4n) is 2.18. The van der Waals surface area contributed by atoms with Crippen LogP contribution in [0.1, 0.15) is 12.0 Å². The smallest absolute Gasteiger partial charge is 0.0992 e. The van der Waals surface area contributed by atoms with E-state index in [0.29, 0.717) is 11.6 Å². The first kappa shape index (κ1) is 11.9. The summed E-state index contributed by atoms with van der Waals surface area (Å²) in [7, 11) is 0. The summed E-state index contributed by atoms with van der Waals surface area (Å²) < 4.78 is 0. The number of nitriles is 1. The van der Waals surface area contributed by atoms with Crippen LogP contribution < -0.4 is 10.2 Å². The van der Waals surface area contributed by atoms with Crippen molar-refractivity contribution >= 4 is 5.69 Å². The first-order valence-corrected chi connectivity index (χ1v) is 5.93. The van der Waals surface area contributed by atoms with Crippen molar-refractivity contribution in [3.05, 3.63) is 29.8 Å². The minimum atomic E-state index is 0.212. The molecule has 1 aromatic rings. The average Bonchev–Trinajstić information content (AvgIpc) is 2.40. The molecule has 17 heavy (non-hydrogen) atoms. The topological polar surface area (TPSA) is 59.3 Å². The second kappa shape index (κ2) is 5.67. The Kier molecular flexibility index (Phi) is 3.97. The molecule has 1 aliphatic heterocycles. The van der Waals surface area contributed by atoms with Gasteiger partial charge in [0.15, 0.2) is 0 Å². The van der Waals surface area contributed by atoms with Crippen LogP contribution in [-0.4, -0.2) is 37.4 Å². The predicted molar refractivity (Wildman–Crippen MR) is 66.9 cm³/mol. The molecule has 2 rings (SSSR count). The van der Waals surface area contributed by atoms with Crippen molar-refractivity contribution in [1.29, 1.82) is 5.26 Å². The Morgan fingerprint density at radius 1 is 1.53 bits per heavy atom. The van der Waals surface area contributed by atoms with Gasteiger partial charge in [-0.25, -0.2) is 0 Å². The molecule has 1 heterocycles. The summed E-state index contributed by atoms with van der Waals surface area (Å²) in [6.45, 7) is 2.96. The Labute approximate surface area is 101 Å². The number of nitrogens with one attached hydrogen (secondary N) is 1. The van der Waals surface area contributed by atoms with E-state index in [-0.39, 0.29) is 6.61 Å². The van der Waals surface area contributed by atoms with Crippen molar-refractivity contribution in [1.82, 2.24) is 5.32 Å². The van der Waals surface area contributed by atoms with Crippen molar-refractivity contribution in [2.45, 2.75) is 12.5 Å². The SMILES string of the molecule is N#Cc1cccc(N2CCNC(CCO)C2)c1. The molecule has 0 radical (unpaired) electrons. The Morgan fingerprint density at radius 2 is 2.41 bits per heavy atom. The van der Waals surface area contributed by atoms with Crippen molar-refractivity contribution < 1.29 is 5.11 Å². The lowest BCUT2D eigenvalue weighted by Crippen LogP contribution is -2.51. The number of piperazine rings is 1. The highest BCUT2D eigenvalue weighted by molar-refractivity contribution is 5.52. The molecular formula is C13H17N3O. The van der Waals surface area contributed by atoms with Crippen LogP contribution in [0.15, 0.2) is 24.3 Å². The summed E-state index contributed by atoms with van der Waals surface area (Å²) in [5.74, 6) is 0. The Bertz CT molecular complexity index is 411. The van der Waals surface area contributed by atoms with E-state index in [4.69, 9.17) is 10.4 Å². The van der Waals surface area contributed by atoms with Gasteiger partial charge >= 0.3 is 0 Å². The molecule has 1 atom stereocenters. The van der Waals surface area contributed by atoms with Gasteiger partial charge in [0, 0.05) is 38.0 Å². The standard InChI is InChI=1S/C13H17N3O/c14-9-11-2-1-3-13(8-11)16-6-5-15-12(10-16)4-7-17/h1-3,8,12,15,17H,4-7,10H2. The fraction of sp³-hybridized carbons (Fsp3) is 0.462. The Hall–Kier alpha value is -1.57. The van der Waals surface area contributed by atoms with E-state index in [0.717, 1.165) is 31.7 Å². The number of nitrogens with zero attached hydrogens (tertiary/aromatic N) is 2. The van der Waals surface area contributed by atoms with E-state index in [1.54, 1.807) is 0 Å². The number of benzene rings is 1. The van der Waals surface area contributed by atoms with Gasteiger partial charge in [0.2, 0.25) is 0 Å². The van der Waals surface area contributed by atoms with E-state index in [2.05, 4.69) is 16.3 Å². The molecule has 2 N–H and O–H groups in total. The van der Waals surface area contributed by atoms with Crippen LogP contribution in [0, 0.1) is 11.3 Å². The third-order valence-corrected chi connectivity index (χ3v) is 3.07. The molecule has 0 aromatic heterocycles. The minimum Gasteiger partial charge on any atom is -0.396 e. The van der Waals surface area contributed by atoms with Crippen molar-refractivity contribution in [2.75, 3.05) is 31.1 Å². The fourth-order valence-corrected chi connectivity index (χ4v) is 2.18. The predicted octanol–water partition coefficient (Wildman–Crippen LogP) is 0.719. The molecule has 0 saturated carbocycles. The maximum absolute atomic E-state index is 8.96. The normalized spacial score (nSPS) is 20.0. The zero-order valence-corrected chi connectivity index (χ0v) is 9.76. The molecule has 1 aromatic carbocycles. The van der Waals surface area contributed by atoms with Gasteiger partial charge in [0.25, 0.3) is 0 Å². The monoisotopic (exact) mass is 231 g/mol. The zero-order valence-electron chi connectivity index (χ0n) is 9.76. The number of aliphatic hydroxyl groups excluding tert-OH is 1. The molecule has 1 aliphatic rings. The van der Waals surface area contributed by atoms with Gasteiger partial charge in [-0.3, -0.25) is 0 Å². The third-order valence-electron chi connectivity index (χ3n) is 3.07. The van der Waals surface area contributed by atoms with Gasteiger partial charge in [-0.15, -0.1) is 0 Å². The number of hydrogen-bond acceptors (Lipinski definition) is 4. The summed E-state index contributed by atoms with van der Waals surface area (Å²) in [4.78, 5) is 2.26. The van der Waals surface area contributed by atoms with Crippen LogP contribution in [-0.2, 0) is 0 Å². The van der Waals surface area contributed by atoms with Gasteiger partial charge in [-0.05, 0) is 24.6 Å².